The first kappa shape index (κ1) is 10.9. The van der Waals surface area contributed by atoms with Crippen molar-refractivity contribution in [2.24, 2.45) is 7.05 Å². The molecule has 0 saturated heterocycles. The molecule has 1 aliphatic rings. The molecular weight excluding hydrogens is 200 g/mol. The molecule has 1 unspecified atom stereocenters. The lowest BCUT2D eigenvalue weighted by molar-refractivity contribution is -0.673. The standard InChI is InChI=1S/C13H17N2O/c1-14-9-5-4-6-12(14)11-7-8-13(16-3)15(2)10-11/h4-10,13H,1-3H3/q+1. The van der Waals surface area contributed by atoms with Gasteiger partial charge in [-0.3, -0.25) is 0 Å². The first-order valence-electron chi connectivity index (χ1n) is 5.32. The lowest BCUT2D eigenvalue weighted by Gasteiger charge is -2.26. The van der Waals surface area contributed by atoms with Crippen LogP contribution in [0, 0.1) is 0 Å². The summed E-state index contributed by atoms with van der Waals surface area (Å²) in [5.41, 5.74) is 2.39. The number of aromatic nitrogens is 1. The number of ether oxygens (including phenoxy) is 1. The van der Waals surface area contributed by atoms with Crippen molar-refractivity contribution in [3.63, 3.8) is 0 Å². The van der Waals surface area contributed by atoms with Gasteiger partial charge in [0.2, 0.25) is 5.69 Å². The Labute approximate surface area is 96.3 Å². The summed E-state index contributed by atoms with van der Waals surface area (Å²) in [5.74, 6) is 0. The summed E-state index contributed by atoms with van der Waals surface area (Å²) >= 11 is 0. The summed E-state index contributed by atoms with van der Waals surface area (Å²) < 4.78 is 7.41. The SMILES string of the molecule is COC1C=CC(c2cccc[n+]2C)=CN1C. The zero-order valence-corrected chi connectivity index (χ0v) is 9.92. The van der Waals surface area contributed by atoms with Crippen molar-refractivity contribution in [1.29, 1.82) is 0 Å². The van der Waals surface area contributed by atoms with Crippen molar-refractivity contribution >= 4 is 5.57 Å². The van der Waals surface area contributed by atoms with Gasteiger partial charge in [0.1, 0.15) is 13.3 Å². The van der Waals surface area contributed by atoms with E-state index in [0.717, 1.165) is 0 Å². The van der Waals surface area contributed by atoms with Crippen LogP contribution in [-0.4, -0.2) is 25.3 Å². The van der Waals surface area contributed by atoms with Gasteiger partial charge in [0.25, 0.3) is 0 Å². The van der Waals surface area contributed by atoms with Gasteiger partial charge in [-0.05, 0) is 18.2 Å². The Hall–Kier alpha value is -1.61. The van der Waals surface area contributed by atoms with Gasteiger partial charge in [-0.1, -0.05) is 0 Å². The molecule has 1 aromatic heterocycles. The van der Waals surface area contributed by atoms with Crippen molar-refractivity contribution in [1.82, 2.24) is 4.90 Å². The van der Waals surface area contributed by atoms with Crippen LogP contribution in [0.15, 0.2) is 42.7 Å². The molecule has 0 radical (unpaired) electrons. The predicted molar refractivity (Wildman–Crippen MR) is 63.3 cm³/mol. The smallest absolute Gasteiger partial charge is 0.213 e. The minimum Gasteiger partial charge on any atom is -0.358 e. The van der Waals surface area contributed by atoms with E-state index < -0.39 is 0 Å². The number of methoxy groups -OCH3 is 1. The van der Waals surface area contributed by atoms with Crippen LogP contribution >= 0.6 is 0 Å². The fourth-order valence-corrected chi connectivity index (χ4v) is 1.88. The van der Waals surface area contributed by atoms with Gasteiger partial charge in [0, 0.05) is 32.5 Å². The summed E-state index contributed by atoms with van der Waals surface area (Å²) in [6.45, 7) is 0. The summed E-state index contributed by atoms with van der Waals surface area (Å²) in [5, 5.41) is 0. The molecule has 0 aliphatic carbocycles. The van der Waals surface area contributed by atoms with Crippen LogP contribution in [0.2, 0.25) is 0 Å². The molecule has 0 bridgehead atoms. The summed E-state index contributed by atoms with van der Waals surface area (Å²) in [6, 6.07) is 6.18. The third kappa shape index (κ3) is 1.99. The Morgan fingerprint density at radius 1 is 1.38 bits per heavy atom. The molecule has 0 spiro atoms. The largest absolute Gasteiger partial charge is 0.358 e. The summed E-state index contributed by atoms with van der Waals surface area (Å²) in [6.07, 6.45) is 8.35. The van der Waals surface area contributed by atoms with Crippen LogP contribution in [-0.2, 0) is 11.8 Å². The molecule has 3 heteroatoms. The van der Waals surface area contributed by atoms with E-state index in [1.165, 1.54) is 11.3 Å². The lowest BCUT2D eigenvalue weighted by atomic mass is 10.1. The minimum absolute atomic E-state index is 0.0396. The molecule has 0 aromatic carbocycles. The molecule has 0 N–H and O–H groups in total. The third-order valence-corrected chi connectivity index (χ3v) is 2.78. The van der Waals surface area contributed by atoms with Crippen LogP contribution < -0.4 is 4.57 Å². The van der Waals surface area contributed by atoms with Crippen LogP contribution in [0.3, 0.4) is 0 Å². The van der Waals surface area contributed by atoms with Crippen molar-refractivity contribution in [2.75, 3.05) is 14.2 Å². The van der Waals surface area contributed by atoms with Crippen LogP contribution in [0.1, 0.15) is 5.69 Å². The van der Waals surface area contributed by atoms with E-state index in [2.05, 4.69) is 33.9 Å². The quantitative estimate of drug-likeness (QED) is 0.695. The van der Waals surface area contributed by atoms with E-state index in [1.807, 2.05) is 32.4 Å². The van der Waals surface area contributed by atoms with E-state index >= 15 is 0 Å². The topological polar surface area (TPSA) is 16.4 Å². The average molecular weight is 217 g/mol. The second kappa shape index (κ2) is 4.49. The lowest BCUT2D eigenvalue weighted by Crippen LogP contribution is -2.34. The van der Waals surface area contributed by atoms with Crippen LogP contribution in [0.5, 0.6) is 0 Å². The highest BCUT2D eigenvalue weighted by Crippen LogP contribution is 2.19. The Balaban J connectivity index is 2.31. The highest BCUT2D eigenvalue weighted by molar-refractivity contribution is 5.70. The van der Waals surface area contributed by atoms with Crippen LogP contribution in [0.4, 0.5) is 0 Å². The van der Waals surface area contributed by atoms with E-state index in [4.69, 9.17) is 4.74 Å². The van der Waals surface area contributed by atoms with E-state index in [9.17, 15) is 0 Å². The maximum atomic E-state index is 5.31. The number of nitrogens with zero attached hydrogens (tertiary/aromatic N) is 2. The summed E-state index contributed by atoms with van der Waals surface area (Å²) in [4.78, 5) is 2.06. The summed E-state index contributed by atoms with van der Waals surface area (Å²) in [7, 11) is 5.78. The number of rotatable bonds is 2. The molecule has 0 saturated carbocycles. The average Bonchev–Trinajstić information content (AvgIpc) is 2.29. The van der Waals surface area contributed by atoms with Crippen molar-refractivity contribution in [3.8, 4) is 0 Å². The molecule has 2 heterocycles. The van der Waals surface area contributed by atoms with Crippen LogP contribution in [0.25, 0.3) is 5.57 Å². The Bertz CT molecular complexity index is 437. The Morgan fingerprint density at radius 3 is 2.81 bits per heavy atom. The minimum atomic E-state index is 0.0396. The second-order valence-corrected chi connectivity index (χ2v) is 3.93. The molecule has 0 amide bonds. The predicted octanol–water partition coefficient (Wildman–Crippen LogP) is 1.33. The molecule has 84 valence electrons. The van der Waals surface area contributed by atoms with Gasteiger partial charge in [-0.2, -0.15) is 0 Å². The van der Waals surface area contributed by atoms with E-state index in [-0.39, 0.29) is 6.23 Å². The second-order valence-electron chi connectivity index (χ2n) is 3.93. The molecule has 16 heavy (non-hydrogen) atoms. The Morgan fingerprint density at radius 2 is 2.19 bits per heavy atom. The molecule has 3 nitrogen and oxygen atoms in total. The van der Waals surface area contributed by atoms with Crippen molar-refractivity contribution in [2.45, 2.75) is 6.23 Å². The molecule has 1 aromatic rings. The monoisotopic (exact) mass is 217 g/mol. The van der Waals surface area contributed by atoms with E-state index in [0.29, 0.717) is 0 Å². The number of hydrogen-bond donors (Lipinski definition) is 0. The first-order chi connectivity index (χ1) is 7.72. The van der Waals surface area contributed by atoms with Gasteiger partial charge >= 0.3 is 0 Å². The fourth-order valence-electron chi connectivity index (χ4n) is 1.88. The molecule has 1 aliphatic heterocycles. The maximum absolute atomic E-state index is 5.31. The number of allylic oxidation sites excluding steroid dienone is 2. The molecule has 0 fully saturated rings. The van der Waals surface area contributed by atoms with Gasteiger partial charge in [-0.15, -0.1) is 0 Å². The third-order valence-electron chi connectivity index (χ3n) is 2.78. The molecule has 2 rings (SSSR count). The number of pyridine rings is 1. The first-order valence-corrected chi connectivity index (χ1v) is 5.32. The van der Waals surface area contributed by atoms with Gasteiger partial charge < -0.3 is 9.64 Å². The molecular formula is C13H17N2O+. The van der Waals surface area contributed by atoms with E-state index in [1.54, 1.807) is 7.11 Å². The van der Waals surface area contributed by atoms with Crippen molar-refractivity contribution in [3.05, 3.63) is 48.4 Å². The molecule has 1 atom stereocenters. The van der Waals surface area contributed by atoms with Gasteiger partial charge in [0.15, 0.2) is 6.20 Å². The maximum Gasteiger partial charge on any atom is 0.213 e. The van der Waals surface area contributed by atoms with Gasteiger partial charge in [0.05, 0.1) is 5.57 Å². The highest BCUT2D eigenvalue weighted by atomic mass is 16.5. The zero-order chi connectivity index (χ0) is 11.5. The normalized spacial score (nSPS) is 19.8. The van der Waals surface area contributed by atoms with Crippen molar-refractivity contribution < 1.29 is 9.30 Å². The number of likely N-dealkylation sites (N-methyl/N-ethyl adjacent to an activating group) is 1. The number of aryl methyl sites for hydroxylation is 1. The zero-order valence-electron chi connectivity index (χ0n) is 9.92. The Kier molecular flexibility index (Phi) is 3.06. The number of hydrogen-bond acceptors (Lipinski definition) is 2. The fraction of sp³-hybridized carbons (Fsp3) is 0.308. The highest BCUT2D eigenvalue weighted by Gasteiger charge is 2.17. The van der Waals surface area contributed by atoms with Gasteiger partial charge in [-0.25, -0.2) is 4.57 Å².